The summed E-state index contributed by atoms with van der Waals surface area (Å²) in [5.41, 5.74) is 0.275. The average Bonchev–Trinajstić information content (AvgIpc) is 2.49. The van der Waals surface area contributed by atoms with Crippen molar-refractivity contribution in [3.63, 3.8) is 0 Å². The summed E-state index contributed by atoms with van der Waals surface area (Å²) in [5, 5.41) is 3.26. The highest BCUT2D eigenvalue weighted by Gasteiger charge is 2.30. The number of halogens is 4. The molecule has 0 amide bonds. The van der Waals surface area contributed by atoms with Crippen LogP contribution < -0.4 is 5.32 Å². The smallest absolute Gasteiger partial charge is 0.194 e. The van der Waals surface area contributed by atoms with Crippen LogP contribution >= 0.6 is 12.4 Å². The van der Waals surface area contributed by atoms with E-state index in [1.165, 1.54) is 6.07 Å². The molecule has 0 aliphatic carbocycles. The molecule has 1 heterocycles. The van der Waals surface area contributed by atoms with Gasteiger partial charge in [0.1, 0.15) is 0 Å². The van der Waals surface area contributed by atoms with Gasteiger partial charge >= 0.3 is 0 Å². The van der Waals surface area contributed by atoms with Gasteiger partial charge in [0.25, 0.3) is 0 Å². The van der Waals surface area contributed by atoms with Crippen molar-refractivity contribution in [3.8, 4) is 0 Å². The second-order valence-corrected chi connectivity index (χ2v) is 5.76. The summed E-state index contributed by atoms with van der Waals surface area (Å²) < 4.78 is 41.0. The van der Waals surface area contributed by atoms with E-state index in [9.17, 15) is 13.2 Å². The summed E-state index contributed by atoms with van der Waals surface area (Å²) in [6, 6.07) is 2.22. The predicted molar refractivity (Wildman–Crippen MR) is 84.8 cm³/mol. The van der Waals surface area contributed by atoms with E-state index >= 15 is 0 Å². The van der Waals surface area contributed by atoms with E-state index in [2.05, 4.69) is 24.1 Å². The number of hydrogen-bond acceptors (Lipinski definition) is 2. The van der Waals surface area contributed by atoms with Gasteiger partial charge < -0.3 is 5.32 Å². The van der Waals surface area contributed by atoms with E-state index in [-0.39, 0.29) is 29.9 Å². The van der Waals surface area contributed by atoms with E-state index in [1.54, 1.807) is 0 Å². The first-order chi connectivity index (χ1) is 10.1. The lowest BCUT2D eigenvalue weighted by Crippen LogP contribution is -2.47. The van der Waals surface area contributed by atoms with Crippen LogP contribution in [0.5, 0.6) is 0 Å². The molecule has 0 aromatic heterocycles. The quantitative estimate of drug-likeness (QED) is 0.820. The molecule has 1 saturated heterocycles. The molecule has 126 valence electrons. The van der Waals surface area contributed by atoms with Gasteiger partial charge in [-0.1, -0.05) is 26.3 Å². The largest absolute Gasteiger partial charge is 0.314 e. The van der Waals surface area contributed by atoms with Gasteiger partial charge in [-0.3, -0.25) is 4.90 Å². The van der Waals surface area contributed by atoms with Crippen molar-refractivity contribution in [3.05, 3.63) is 35.1 Å². The topological polar surface area (TPSA) is 15.3 Å². The zero-order valence-electron chi connectivity index (χ0n) is 13.0. The fourth-order valence-electron chi connectivity index (χ4n) is 3.21. The summed E-state index contributed by atoms with van der Waals surface area (Å²) in [5.74, 6) is -3.34. The molecule has 2 rings (SSSR count). The van der Waals surface area contributed by atoms with Crippen molar-refractivity contribution in [2.75, 3.05) is 26.2 Å². The van der Waals surface area contributed by atoms with Crippen LogP contribution in [0.2, 0.25) is 0 Å². The van der Waals surface area contributed by atoms with Crippen molar-refractivity contribution in [1.29, 1.82) is 0 Å². The van der Waals surface area contributed by atoms with E-state index in [0.29, 0.717) is 0 Å². The number of nitrogens with zero attached hydrogens (tertiary/aromatic N) is 1. The molecule has 1 aromatic carbocycles. The number of nitrogens with one attached hydrogen (secondary N) is 1. The van der Waals surface area contributed by atoms with Gasteiger partial charge in [0.05, 0.1) is 0 Å². The van der Waals surface area contributed by atoms with Crippen molar-refractivity contribution in [1.82, 2.24) is 10.2 Å². The standard InChI is InChI=1S/C16H23F3N2.ClH/c1-3-4-11(2)16(21-9-7-20-8-10-21)12-5-6-13(17)15(19)14(12)18;/h5-6,11,16,20H,3-4,7-10H2,1-2H3;1H/t11?,16-;/m1./s1. The maximum atomic E-state index is 14.2. The van der Waals surface area contributed by atoms with Crippen LogP contribution in [-0.2, 0) is 0 Å². The van der Waals surface area contributed by atoms with Crippen molar-refractivity contribution in [2.45, 2.75) is 32.7 Å². The Labute approximate surface area is 136 Å². The van der Waals surface area contributed by atoms with Crippen LogP contribution in [0.3, 0.4) is 0 Å². The molecule has 22 heavy (non-hydrogen) atoms. The molecule has 1 aliphatic heterocycles. The maximum absolute atomic E-state index is 14.2. The van der Waals surface area contributed by atoms with Gasteiger partial charge in [0, 0.05) is 37.8 Å². The van der Waals surface area contributed by atoms with Gasteiger partial charge in [-0.15, -0.1) is 12.4 Å². The Hall–Kier alpha value is -0.780. The van der Waals surface area contributed by atoms with Gasteiger partial charge in [-0.2, -0.15) is 0 Å². The maximum Gasteiger partial charge on any atom is 0.194 e. The third kappa shape index (κ3) is 4.15. The normalized spacial score (nSPS) is 18.6. The van der Waals surface area contributed by atoms with Crippen LogP contribution in [0.4, 0.5) is 13.2 Å². The van der Waals surface area contributed by atoms with Crippen molar-refractivity contribution >= 4 is 12.4 Å². The fourth-order valence-corrected chi connectivity index (χ4v) is 3.21. The Bertz CT molecular complexity index is 479. The first kappa shape index (κ1) is 19.3. The second kappa shape index (κ2) is 8.75. The summed E-state index contributed by atoms with van der Waals surface area (Å²) in [7, 11) is 0. The summed E-state index contributed by atoms with van der Waals surface area (Å²) in [4.78, 5) is 2.17. The Morgan fingerprint density at radius 2 is 1.77 bits per heavy atom. The molecule has 1 N–H and O–H groups in total. The van der Waals surface area contributed by atoms with Crippen molar-refractivity contribution in [2.24, 2.45) is 5.92 Å². The molecule has 6 heteroatoms. The molecule has 0 spiro atoms. The lowest BCUT2D eigenvalue weighted by atomic mass is 9.88. The van der Waals surface area contributed by atoms with Crippen LogP contribution in [0, 0.1) is 23.4 Å². The van der Waals surface area contributed by atoms with E-state index < -0.39 is 17.5 Å². The minimum atomic E-state index is -1.36. The number of hydrogen-bond donors (Lipinski definition) is 1. The van der Waals surface area contributed by atoms with Crippen LogP contribution in [0.1, 0.15) is 38.3 Å². The number of piperazine rings is 1. The van der Waals surface area contributed by atoms with Gasteiger partial charge in [-0.25, -0.2) is 13.2 Å². The Kier molecular flexibility index (Phi) is 7.66. The third-order valence-corrected chi connectivity index (χ3v) is 4.21. The molecule has 2 atom stereocenters. The Morgan fingerprint density at radius 3 is 2.36 bits per heavy atom. The lowest BCUT2D eigenvalue weighted by molar-refractivity contribution is 0.122. The lowest BCUT2D eigenvalue weighted by Gasteiger charge is -2.38. The molecule has 2 nitrogen and oxygen atoms in total. The molecule has 1 fully saturated rings. The van der Waals surface area contributed by atoms with Gasteiger partial charge in [0.15, 0.2) is 17.5 Å². The summed E-state index contributed by atoms with van der Waals surface area (Å²) >= 11 is 0. The Morgan fingerprint density at radius 1 is 1.14 bits per heavy atom. The molecule has 1 aromatic rings. The first-order valence-corrected chi connectivity index (χ1v) is 7.64. The zero-order valence-corrected chi connectivity index (χ0v) is 13.9. The minimum Gasteiger partial charge on any atom is -0.314 e. The highest BCUT2D eigenvalue weighted by atomic mass is 35.5. The molecule has 0 saturated carbocycles. The number of benzene rings is 1. The SMILES string of the molecule is CCCC(C)[C@H](c1ccc(F)c(F)c1F)N1CCNCC1.Cl. The summed E-state index contributed by atoms with van der Waals surface area (Å²) in [6.07, 6.45) is 1.90. The van der Waals surface area contributed by atoms with E-state index in [0.717, 1.165) is 45.1 Å². The molecule has 1 aliphatic rings. The molecule has 1 unspecified atom stereocenters. The molecule has 0 bridgehead atoms. The van der Waals surface area contributed by atoms with Crippen LogP contribution in [-0.4, -0.2) is 31.1 Å². The average molecular weight is 337 g/mol. The Balaban J connectivity index is 0.00000242. The third-order valence-electron chi connectivity index (χ3n) is 4.21. The van der Waals surface area contributed by atoms with E-state index in [4.69, 9.17) is 0 Å². The molecular weight excluding hydrogens is 313 g/mol. The number of rotatable bonds is 5. The van der Waals surface area contributed by atoms with E-state index in [1.807, 2.05) is 0 Å². The van der Waals surface area contributed by atoms with Gasteiger partial charge in [-0.05, 0) is 18.4 Å². The van der Waals surface area contributed by atoms with Crippen LogP contribution in [0.25, 0.3) is 0 Å². The summed E-state index contributed by atoms with van der Waals surface area (Å²) in [6.45, 7) is 7.37. The zero-order chi connectivity index (χ0) is 15.4. The monoisotopic (exact) mass is 336 g/mol. The highest BCUT2D eigenvalue weighted by molar-refractivity contribution is 5.85. The second-order valence-electron chi connectivity index (χ2n) is 5.76. The first-order valence-electron chi connectivity index (χ1n) is 7.64. The van der Waals surface area contributed by atoms with Crippen molar-refractivity contribution < 1.29 is 13.2 Å². The molecular formula is C16H24ClF3N2. The fraction of sp³-hybridized carbons (Fsp3) is 0.625. The van der Waals surface area contributed by atoms with Gasteiger partial charge in [0.2, 0.25) is 0 Å². The highest BCUT2D eigenvalue weighted by Crippen LogP contribution is 2.34. The van der Waals surface area contributed by atoms with Crippen LogP contribution in [0.15, 0.2) is 12.1 Å². The minimum absolute atomic E-state index is 0. The molecule has 0 radical (unpaired) electrons. The predicted octanol–water partition coefficient (Wildman–Crippen LogP) is 3.91.